The van der Waals surface area contributed by atoms with Crippen LogP contribution in [0.2, 0.25) is 0 Å². The highest BCUT2D eigenvalue weighted by Gasteiger charge is 2.31. The van der Waals surface area contributed by atoms with Gasteiger partial charge in [-0.1, -0.05) is 18.2 Å². The highest BCUT2D eigenvalue weighted by Crippen LogP contribution is 2.27. The SMILES string of the molecule is Cc1nn(C)c2[nH]c(=O)c(CCC(=O)NC3CC(=O)N(c4ccc(Oc5ccccc5)cc4)C3)c(C)c12. The zero-order valence-electron chi connectivity index (χ0n) is 21.1. The zero-order chi connectivity index (χ0) is 26.1. The third kappa shape index (κ3) is 4.97. The number of para-hydroxylation sites is 1. The number of aromatic amines is 1. The van der Waals surface area contributed by atoms with Crippen LogP contribution in [0, 0.1) is 13.8 Å². The van der Waals surface area contributed by atoms with E-state index < -0.39 is 0 Å². The van der Waals surface area contributed by atoms with E-state index >= 15 is 0 Å². The molecule has 9 nitrogen and oxygen atoms in total. The zero-order valence-corrected chi connectivity index (χ0v) is 21.1. The quantitative estimate of drug-likeness (QED) is 0.404. The van der Waals surface area contributed by atoms with Gasteiger partial charge < -0.3 is 19.9 Å². The number of nitrogens with zero attached hydrogens (tertiary/aromatic N) is 3. The summed E-state index contributed by atoms with van der Waals surface area (Å²) in [5, 5.41) is 8.26. The van der Waals surface area contributed by atoms with Gasteiger partial charge in [-0.3, -0.25) is 19.1 Å². The number of rotatable bonds is 7. The van der Waals surface area contributed by atoms with Crippen LogP contribution in [0.4, 0.5) is 5.69 Å². The first-order chi connectivity index (χ1) is 17.8. The number of aryl methyl sites for hydroxylation is 3. The number of carbonyl (C=O) groups is 2. The monoisotopic (exact) mass is 499 g/mol. The topological polar surface area (TPSA) is 109 Å². The summed E-state index contributed by atoms with van der Waals surface area (Å²) < 4.78 is 7.47. The smallest absolute Gasteiger partial charge is 0.253 e. The first-order valence-corrected chi connectivity index (χ1v) is 12.3. The number of aromatic nitrogens is 3. The molecular weight excluding hydrogens is 470 g/mol. The highest BCUT2D eigenvalue weighted by atomic mass is 16.5. The second-order valence-corrected chi connectivity index (χ2v) is 9.37. The molecule has 37 heavy (non-hydrogen) atoms. The molecule has 0 bridgehead atoms. The van der Waals surface area contributed by atoms with Crippen LogP contribution in [-0.4, -0.2) is 39.2 Å². The van der Waals surface area contributed by atoms with E-state index in [0.717, 1.165) is 28.1 Å². The molecule has 0 saturated carbocycles. The van der Waals surface area contributed by atoms with Gasteiger partial charge in [-0.25, -0.2) is 0 Å². The molecule has 1 aliphatic rings. The summed E-state index contributed by atoms with van der Waals surface area (Å²) in [6.07, 6.45) is 0.698. The van der Waals surface area contributed by atoms with Crippen LogP contribution in [0.5, 0.6) is 11.5 Å². The van der Waals surface area contributed by atoms with Crippen LogP contribution in [0.3, 0.4) is 0 Å². The number of hydrogen-bond acceptors (Lipinski definition) is 5. The molecule has 3 heterocycles. The fourth-order valence-electron chi connectivity index (χ4n) is 4.97. The molecule has 1 fully saturated rings. The standard InChI is InChI=1S/C28H29N5O4/c1-17-23(28(36)30-27-26(17)18(2)31-32(27)3)13-14-24(34)29-19-15-25(35)33(16-19)20-9-11-22(12-10-20)37-21-7-5-4-6-8-21/h4-12,19H,13-16H2,1-3H3,(H,29,34)(H,30,36). The lowest BCUT2D eigenvalue weighted by Crippen LogP contribution is -2.37. The Labute approximate surface area is 214 Å². The van der Waals surface area contributed by atoms with Crippen molar-refractivity contribution >= 4 is 28.5 Å². The van der Waals surface area contributed by atoms with E-state index in [1.165, 1.54) is 0 Å². The van der Waals surface area contributed by atoms with Crippen LogP contribution >= 0.6 is 0 Å². The number of carbonyl (C=O) groups excluding carboxylic acids is 2. The molecular formula is C28H29N5O4. The minimum absolute atomic E-state index is 0.0492. The molecule has 2 aromatic heterocycles. The molecule has 0 radical (unpaired) electrons. The molecule has 1 atom stereocenters. The third-order valence-electron chi connectivity index (χ3n) is 6.78. The van der Waals surface area contributed by atoms with Crippen molar-refractivity contribution in [3.63, 3.8) is 0 Å². The van der Waals surface area contributed by atoms with E-state index in [9.17, 15) is 14.4 Å². The van der Waals surface area contributed by atoms with Crippen LogP contribution in [0.15, 0.2) is 59.4 Å². The molecule has 0 aliphatic carbocycles. The van der Waals surface area contributed by atoms with E-state index in [1.54, 1.807) is 16.6 Å². The Morgan fingerprint density at radius 1 is 1.08 bits per heavy atom. The number of nitrogens with one attached hydrogen (secondary N) is 2. The molecule has 2 N–H and O–H groups in total. The number of benzene rings is 2. The van der Waals surface area contributed by atoms with Gasteiger partial charge in [-0.15, -0.1) is 0 Å². The average molecular weight is 500 g/mol. The summed E-state index contributed by atoms with van der Waals surface area (Å²) in [5.74, 6) is 1.18. The maximum atomic E-state index is 12.7. The molecule has 9 heteroatoms. The summed E-state index contributed by atoms with van der Waals surface area (Å²) >= 11 is 0. The first-order valence-electron chi connectivity index (χ1n) is 12.3. The number of pyridine rings is 1. The fraction of sp³-hybridized carbons (Fsp3) is 0.286. The predicted octanol–water partition coefficient (Wildman–Crippen LogP) is 3.53. The Kier molecular flexibility index (Phi) is 6.52. The van der Waals surface area contributed by atoms with E-state index in [-0.39, 0.29) is 36.3 Å². The van der Waals surface area contributed by atoms with Crippen molar-refractivity contribution in [3.05, 3.63) is 81.8 Å². The number of anilines is 1. The van der Waals surface area contributed by atoms with Crippen molar-refractivity contribution in [2.24, 2.45) is 7.05 Å². The van der Waals surface area contributed by atoms with Gasteiger partial charge in [0.25, 0.3) is 5.56 Å². The lowest BCUT2D eigenvalue weighted by molar-refractivity contribution is -0.121. The lowest BCUT2D eigenvalue weighted by Gasteiger charge is -2.18. The van der Waals surface area contributed by atoms with E-state index in [1.807, 2.05) is 68.4 Å². The molecule has 5 rings (SSSR count). The molecule has 1 aliphatic heterocycles. The summed E-state index contributed by atoms with van der Waals surface area (Å²) in [7, 11) is 1.79. The summed E-state index contributed by atoms with van der Waals surface area (Å²) in [4.78, 5) is 42.6. The summed E-state index contributed by atoms with van der Waals surface area (Å²) in [6.45, 7) is 4.18. The third-order valence-corrected chi connectivity index (χ3v) is 6.78. The Balaban J connectivity index is 1.19. The van der Waals surface area contributed by atoms with E-state index in [0.29, 0.717) is 29.9 Å². The Bertz CT molecular complexity index is 1520. The van der Waals surface area contributed by atoms with Crippen molar-refractivity contribution in [1.82, 2.24) is 20.1 Å². The second-order valence-electron chi connectivity index (χ2n) is 9.37. The summed E-state index contributed by atoms with van der Waals surface area (Å²) in [5.41, 5.74) is 3.49. The van der Waals surface area contributed by atoms with Crippen molar-refractivity contribution in [2.75, 3.05) is 11.4 Å². The fourth-order valence-corrected chi connectivity index (χ4v) is 4.97. The van der Waals surface area contributed by atoms with Crippen molar-refractivity contribution in [2.45, 2.75) is 39.2 Å². The summed E-state index contributed by atoms with van der Waals surface area (Å²) in [6, 6.07) is 16.5. The van der Waals surface area contributed by atoms with E-state index in [2.05, 4.69) is 15.4 Å². The van der Waals surface area contributed by atoms with Gasteiger partial charge in [-0.2, -0.15) is 5.10 Å². The van der Waals surface area contributed by atoms with Gasteiger partial charge in [0.1, 0.15) is 17.1 Å². The van der Waals surface area contributed by atoms with Gasteiger partial charge in [0.2, 0.25) is 11.8 Å². The van der Waals surface area contributed by atoms with E-state index in [4.69, 9.17) is 4.74 Å². The minimum atomic E-state index is -0.289. The number of fused-ring (bicyclic) bond motifs is 1. The first kappa shape index (κ1) is 24.3. The van der Waals surface area contributed by atoms with Crippen LogP contribution in [0.25, 0.3) is 11.0 Å². The molecule has 1 saturated heterocycles. The van der Waals surface area contributed by atoms with Crippen molar-refractivity contribution in [1.29, 1.82) is 0 Å². The highest BCUT2D eigenvalue weighted by molar-refractivity contribution is 5.97. The lowest BCUT2D eigenvalue weighted by atomic mass is 10.0. The Morgan fingerprint density at radius 2 is 1.78 bits per heavy atom. The molecule has 2 amide bonds. The molecule has 2 aromatic carbocycles. The molecule has 190 valence electrons. The van der Waals surface area contributed by atoms with Crippen LogP contribution < -0.4 is 20.5 Å². The van der Waals surface area contributed by atoms with Crippen LogP contribution in [0.1, 0.15) is 29.7 Å². The number of amides is 2. The number of H-pyrrole nitrogens is 1. The Hall–Kier alpha value is -4.40. The second kappa shape index (κ2) is 9.93. The van der Waals surface area contributed by atoms with Gasteiger partial charge in [0.15, 0.2) is 0 Å². The van der Waals surface area contributed by atoms with Crippen molar-refractivity contribution < 1.29 is 14.3 Å². The van der Waals surface area contributed by atoms with Crippen LogP contribution in [-0.2, 0) is 23.1 Å². The number of hydrogen-bond donors (Lipinski definition) is 2. The number of ether oxygens (including phenoxy) is 1. The minimum Gasteiger partial charge on any atom is -0.457 e. The average Bonchev–Trinajstić information content (AvgIpc) is 3.37. The predicted molar refractivity (Wildman–Crippen MR) is 141 cm³/mol. The maximum Gasteiger partial charge on any atom is 0.253 e. The van der Waals surface area contributed by atoms with Gasteiger partial charge in [0, 0.05) is 43.1 Å². The largest absolute Gasteiger partial charge is 0.457 e. The van der Waals surface area contributed by atoms with Crippen molar-refractivity contribution in [3.8, 4) is 11.5 Å². The molecule has 0 spiro atoms. The van der Waals surface area contributed by atoms with Gasteiger partial charge in [0.05, 0.1) is 11.7 Å². The molecule has 1 unspecified atom stereocenters. The maximum absolute atomic E-state index is 12.7. The Morgan fingerprint density at radius 3 is 2.51 bits per heavy atom. The normalized spacial score (nSPS) is 15.4. The molecule has 4 aromatic rings. The van der Waals surface area contributed by atoms with Gasteiger partial charge in [-0.05, 0) is 62.2 Å². The van der Waals surface area contributed by atoms with Gasteiger partial charge >= 0.3 is 0 Å².